The highest BCUT2D eigenvalue weighted by molar-refractivity contribution is 7.89. The highest BCUT2D eigenvalue weighted by Crippen LogP contribution is 2.16. The fraction of sp³-hybridized carbons (Fsp3) is 0.300. The number of nitrogens with one attached hydrogen (secondary N) is 1. The molecule has 9 nitrogen and oxygen atoms in total. The van der Waals surface area contributed by atoms with Gasteiger partial charge in [-0.1, -0.05) is 0 Å². The molecule has 0 amide bonds. The Bertz CT molecular complexity index is 732. The molecular weight excluding hydrogens is 286 g/mol. The van der Waals surface area contributed by atoms with Crippen molar-refractivity contribution < 1.29 is 18.3 Å². The second-order valence-corrected chi connectivity index (χ2v) is 5.79. The van der Waals surface area contributed by atoms with Gasteiger partial charge in [-0.3, -0.25) is 14.2 Å². The summed E-state index contributed by atoms with van der Waals surface area (Å²) in [5.41, 5.74) is 0.241. The molecule has 2 heterocycles. The molecule has 108 valence electrons. The van der Waals surface area contributed by atoms with Gasteiger partial charge in [0.05, 0.1) is 12.4 Å². The molecule has 0 saturated carbocycles. The first kappa shape index (κ1) is 14.2. The lowest BCUT2D eigenvalue weighted by atomic mass is 10.2. The summed E-state index contributed by atoms with van der Waals surface area (Å²) < 4.78 is 29.0. The lowest BCUT2D eigenvalue weighted by Gasteiger charge is -2.13. The van der Waals surface area contributed by atoms with Crippen molar-refractivity contribution in [2.75, 3.05) is 0 Å². The number of carboxylic acids is 1. The van der Waals surface area contributed by atoms with E-state index in [2.05, 4.69) is 14.9 Å². The Balaban J connectivity index is 2.34. The predicted octanol–water partition coefficient (Wildman–Crippen LogP) is -0.742. The van der Waals surface area contributed by atoms with Gasteiger partial charge in [0.15, 0.2) is 5.03 Å². The molecule has 0 aliphatic heterocycles. The summed E-state index contributed by atoms with van der Waals surface area (Å²) >= 11 is 0. The van der Waals surface area contributed by atoms with Crippen LogP contribution >= 0.6 is 0 Å². The van der Waals surface area contributed by atoms with E-state index >= 15 is 0 Å². The van der Waals surface area contributed by atoms with Crippen LogP contribution in [0.15, 0.2) is 29.7 Å². The van der Waals surface area contributed by atoms with E-state index in [0.29, 0.717) is 0 Å². The van der Waals surface area contributed by atoms with Crippen molar-refractivity contribution in [3.05, 3.63) is 30.2 Å². The molecule has 0 radical (unpaired) electrons. The molecule has 2 N–H and O–H groups in total. The van der Waals surface area contributed by atoms with Crippen LogP contribution in [0.1, 0.15) is 11.6 Å². The van der Waals surface area contributed by atoms with Crippen LogP contribution in [0.5, 0.6) is 0 Å². The van der Waals surface area contributed by atoms with Crippen LogP contribution in [-0.2, 0) is 28.9 Å². The number of aromatic nitrogens is 4. The summed E-state index contributed by atoms with van der Waals surface area (Å²) in [5, 5.41) is 16.6. The van der Waals surface area contributed by atoms with E-state index in [4.69, 9.17) is 0 Å². The fourth-order valence-corrected chi connectivity index (χ4v) is 2.99. The third-order valence-corrected chi connectivity index (χ3v) is 4.13. The Hall–Kier alpha value is -2.20. The Morgan fingerprint density at radius 1 is 1.40 bits per heavy atom. The topological polar surface area (TPSA) is 119 Å². The minimum atomic E-state index is -4.00. The van der Waals surface area contributed by atoms with Gasteiger partial charge in [-0.05, 0) is 6.07 Å². The third-order valence-electron chi connectivity index (χ3n) is 2.63. The first-order chi connectivity index (χ1) is 9.31. The number of nitrogens with zero attached hydrogens (tertiary/aromatic N) is 4. The van der Waals surface area contributed by atoms with Crippen LogP contribution < -0.4 is 4.72 Å². The molecule has 2 rings (SSSR count). The molecule has 0 saturated heterocycles. The van der Waals surface area contributed by atoms with Crippen LogP contribution in [0.2, 0.25) is 0 Å². The molecule has 20 heavy (non-hydrogen) atoms. The minimum Gasteiger partial charge on any atom is -0.480 e. The molecule has 0 spiro atoms. The van der Waals surface area contributed by atoms with E-state index in [1.54, 1.807) is 7.05 Å². The Morgan fingerprint density at radius 2 is 2.10 bits per heavy atom. The molecule has 0 bridgehead atoms. The van der Waals surface area contributed by atoms with Crippen LogP contribution in [-0.4, -0.2) is 39.1 Å². The number of aryl methyl sites for hydroxylation is 2. The normalized spacial score (nSPS) is 13.3. The van der Waals surface area contributed by atoms with Crippen molar-refractivity contribution in [3.63, 3.8) is 0 Å². The van der Waals surface area contributed by atoms with Crippen molar-refractivity contribution >= 4 is 16.0 Å². The predicted molar refractivity (Wildman–Crippen MR) is 67.1 cm³/mol. The van der Waals surface area contributed by atoms with Crippen LogP contribution in [0.3, 0.4) is 0 Å². The Kier molecular flexibility index (Phi) is 3.59. The van der Waals surface area contributed by atoms with Gasteiger partial charge < -0.3 is 5.11 Å². The summed E-state index contributed by atoms with van der Waals surface area (Å²) in [5.74, 6) is -1.32. The molecule has 1 unspecified atom stereocenters. The monoisotopic (exact) mass is 299 g/mol. The first-order valence-electron chi connectivity index (χ1n) is 5.53. The van der Waals surface area contributed by atoms with E-state index in [1.807, 2.05) is 0 Å². The molecule has 2 aromatic heterocycles. The molecule has 1 atom stereocenters. The number of hydrogen-bond donors (Lipinski definition) is 2. The van der Waals surface area contributed by atoms with Gasteiger partial charge in [-0.15, -0.1) is 0 Å². The lowest BCUT2D eigenvalue weighted by Crippen LogP contribution is -2.34. The summed E-state index contributed by atoms with van der Waals surface area (Å²) in [6, 6.07) is -0.131. The van der Waals surface area contributed by atoms with E-state index in [-0.39, 0.29) is 10.6 Å². The molecule has 10 heteroatoms. The third kappa shape index (κ3) is 2.70. The maximum atomic E-state index is 12.1. The zero-order valence-corrected chi connectivity index (χ0v) is 11.6. The van der Waals surface area contributed by atoms with Gasteiger partial charge in [0.2, 0.25) is 0 Å². The number of sulfonamides is 1. The Labute approximate surface area is 114 Å². The zero-order chi connectivity index (χ0) is 14.9. The quantitative estimate of drug-likeness (QED) is 0.750. The van der Waals surface area contributed by atoms with Gasteiger partial charge in [-0.2, -0.15) is 14.9 Å². The maximum absolute atomic E-state index is 12.1. The van der Waals surface area contributed by atoms with Gasteiger partial charge in [0.25, 0.3) is 10.0 Å². The molecule has 0 aliphatic carbocycles. The largest absolute Gasteiger partial charge is 0.480 e. The molecular formula is C10H13N5O4S. The van der Waals surface area contributed by atoms with E-state index in [0.717, 1.165) is 4.68 Å². The van der Waals surface area contributed by atoms with Crippen molar-refractivity contribution in [2.24, 2.45) is 14.1 Å². The summed E-state index contributed by atoms with van der Waals surface area (Å²) in [6.45, 7) is 0. The molecule has 0 aromatic carbocycles. The number of hydrogen-bond acceptors (Lipinski definition) is 5. The van der Waals surface area contributed by atoms with E-state index in [1.165, 1.54) is 36.4 Å². The summed E-state index contributed by atoms with van der Waals surface area (Å²) in [6.07, 6.45) is 4.05. The zero-order valence-electron chi connectivity index (χ0n) is 10.8. The summed E-state index contributed by atoms with van der Waals surface area (Å²) in [7, 11) is -0.936. The highest BCUT2D eigenvalue weighted by atomic mass is 32.2. The first-order valence-corrected chi connectivity index (χ1v) is 7.01. The minimum absolute atomic E-state index is 0.118. The highest BCUT2D eigenvalue weighted by Gasteiger charge is 2.29. The van der Waals surface area contributed by atoms with Crippen LogP contribution in [0.25, 0.3) is 0 Å². The van der Waals surface area contributed by atoms with Crippen LogP contribution in [0, 0.1) is 0 Å². The number of carbonyl (C=O) groups is 1. The average Bonchev–Trinajstić information content (AvgIpc) is 2.95. The smallest absolute Gasteiger partial charge is 0.326 e. The maximum Gasteiger partial charge on any atom is 0.326 e. The average molecular weight is 299 g/mol. The second-order valence-electron chi connectivity index (χ2n) is 4.13. The second kappa shape index (κ2) is 5.06. The van der Waals surface area contributed by atoms with Crippen molar-refractivity contribution in [2.45, 2.75) is 11.1 Å². The van der Waals surface area contributed by atoms with Crippen LogP contribution in [0.4, 0.5) is 0 Å². The Morgan fingerprint density at radius 3 is 2.55 bits per heavy atom. The van der Waals surface area contributed by atoms with Crippen molar-refractivity contribution in [1.82, 2.24) is 24.3 Å². The van der Waals surface area contributed by atoms with Crippen molar-refractivity contribution in [1.29, 1.82) is 0 Å². The molecule has 0 fully saturated rings. The molecule has 0 aliphatic rings. The SMILES string of the molecule is Cn1cc(C(NS(=O)(=O)c2ccnn2C)C(=O)O)cn1. The summed E-state index contributed by atoms with van der Waals surface area (Å²) in [4.78, 5) is 11.3. The van der Waals surface area contributed by atoms with Gasteiger partial charge in [-0.25, -0.2) is 8.42 Å². The van der Waals surface area contributed by atoms with Gasteiger partial charge in [0, 0.05) is 25.9 Å². The van der Waals surface area contributed by atoms with Gasteiger partial charge >= 0.3 is 5.97 Å². The fourth-order valence-electron chi connectivity index (χ4n) is 1.69. The van der Waals surface area contributed by atoms with Gasteiger partial charge in [0.1, 0.15) is 6.04 Å². The number of rotatable bonds is 5. The number of aliphatic carboxylic acids is 1. The van der Waals surface area contributed by atoms with E-state index < -0.39 is 22.0 Å². The van der Waals surface area contributed by atoms with Crippen molar-refractivity contribution in [3.8, 4) is 0 Å². The van der Waals surface area contributed by atoms with E-state index in [9.17, 15) is 18.3 Å². The number of carboxylic acid groups (broad SMARTS) is 1. The lowest BCUT2D eigenvalue weighted by molar-refractivity contribution is -0.139. The standard InChI is InChI=1S/C10H13N5O4S/c1-14-6-7(5-12-14)9(10(16)17)13-20(18,19)8-3-4-11-15(8)2/h3-6,9,13H,1-2H3,(H,16,17). The molecule has 2 aromatic rings.